The zero-order valence-corrected chi connectivity index (χ0v) is 17.2. The average Bonchev–Trinajstić information content (AvgIpc) is 2.86. The minimum Gasteiger partial charge on any atom is -0.349 e. The molecular formula is C21H32ClN3O2. The normalized spacial score (nSPS) is 17.7. The van der Waals surface area contributed by atoms with E-state index < -0.39 is 0 Å². The van der Waals surface area contributed by atoms with Gasteiger partial charge in [-0.2, -0.15) is 0 Å². The van der Waals surface area contributed by atoms with Gasteiger partial charge in [-0.25, -0.2) is 0 Å². The highest BCUT2D eigenvalue weighted by Crippen LogP contribution is 2.17. The monoisotopic (exact) mass is 393 g/mol. The van der Waals surface area contributed by atoms with Crippen LogP contribution in [0.25, 0.3) is 0 Å². The number of fused-ring (bicyclic) bond motifs is 1. The molecule has 27 heavy (non-hydrogen) atoms. The van der Waals surface area contributed by atoms with Crippen molar-refractivity contribution in [3.63, 3.8) is 0 Å². The smallest absolute Gasteiger partial charge is 0.251 e. The van der Waals surface area contributed by atoms with E-state index in [9.17, 15) is 9.59 Å². The molecule has 2 heterocycles. The highest BCUT2D eigenvalue weighted by molar-refractivity contribution is 5.94. The van der Waals surface area contributed by atoms with E-state index in [-0.39, 0.29) is 30.3 Å². The molecule has 1 fully saturated rings. The van der Waals surface area contributed by atoms with Gasteiger partial charge >= 0.3 is 0 Å². The number of nitrogens with one attached hydrogen (secondary N) is 2. The summed E-state index contributed by atoms with van der Waals surface area (Å²) in [5.74, 6) is 0.643. The van der Waals surface area contributed by atoms with E-state index in [1.165, 1.54) is 11.1 Å². The summed E-state index contributed by atoms with van der Waals surface area (Å²) in [5.41, 5.74) is 3.39. The van der Waals surface area contributed by atoms with Crippen LogP contribution < -0.4 is 10.6 Å². The van der Waals surface area contributed by atoms with Gasteiger partial charge < -0.3 is 15.5 Å². The second-order valence-corrected chi connectivity index (χ2v) is 7.96. The van der Waals surface area contributed by atoms with E-state index in [2.05, 4.69) is 36.6 Å². The molecule has 0 aliphatic carbocycles. The van der Waals surface area contributed by atoms with Crippen LogP contribution in [0.4, 0.5) is 0 Å². The van der Waals surface area contributed by atoms with Crippen LogP contribution in [0.5, 0.6) is 0 Å². The summed E-state index contributed by atoms with van der Waals surface area (Å²) >= 11 is 0. The summed E-state index contributed by atoms with van der Waals surface area (Å²) in [4.78, 5) is 26.7. The number of likely N-dealkylation sites (tertiary alicyclic amines) is 1. The second-order valence-electron chi connectivity index (χ2n) is 7.96. The summed E-state index contributed by atoms with van der Waals surface area (Å²) in [5, 5.41) is 6.57. The molecule has 0 aromatic heterocycles. The quantitative estimate of drug-likeness (QED) is 0.826. The van der Waals surface area contributed by atoms with Crippen molar-refractivity contribution in [3.05, 3.63) is 34.9 Å². The van der Waals surface area contributed by atoms with Crippen molar-refractivity contribution >= 4 is 24.2 Å². The fourth-order valence-corrected chi connectivity index (χ4v) is 3.84. The number of hydrogen-bond acceptors (Lipinski definition) is 3. The maximum Gasteiger partial charge on any atom is 0.251 e. The van der Waals surface area contributed by atoms with Crippen LogP contribution in [0, 0.1) is 5.92 Å². The third-order valence-corrected chi connectivity index (χ3v) is 5.38. The first-order valence-corrected chi connectivity index (χ1v) is 9.94. The number of hydrogen-bond donors (Lipinski definition) is 2. The van der Waals surface area contributed by atoms with Gasteiger partial charge in [-0.3, -0.25) is 9.59 Å². The lowest BCUT2D eigenvalue weighted by molar-refractivity contribution is -0.133. The van der Waals surface area contributed by atoms with Gasteiger partial charge in [0, 0.05) is 31.1 Å². The molecule has 0 bridgehead atoms. The third kappa shape index (κ3) is 5.94. The molecule has 1 aromatic rings. The van der Waals surface area contributed by atoms with Crippen molar-refractivity contribution in [2.45, 2.75) is 52.0 Å². The van der Waals surface area contributed by atoms with Gasteiger partial charge in [0.05, 0.1) is 0 Å². The van der Waals surface area contributed by atoms with Crippen LogP contribution in [-0.4, -0.2) is 48.9 Å². The fourth-order valence-electron chi connectivity index (χ4n) is 3.84. The Balaban J connectivity index is 0.00000261. The fraction of sp³-hybridized carbons (Fsp3) is 0.619. The van der Waals surface area contributed by atoms with Crippen molar-refractivity contribution in [3.8, 4) is 0 Å². The second kappa shape index (κ2) is 10.1. The van der Waals surface area contributed by atoms with Gasteiger partial charge in [-0.15, -0.1) is 12.4 Å². The molecule has 2 N–H and O–H groups in total. The highest BCUT2D eigenvalue weighted by Gasteiger charge is 2.24. The largest absolute Gasteiger partial charge is 0.349 e. The van der Waals surface area contributed by atoms with Crippen molar-refractivity contribution in [1.82, 2.24) is 15.5 Å². The maximum absolute atomic E-state index is 12.6. The lowest BCUT2D eigenvalue weighted by Gasteiger charge is -2.33. The molecule has 1 saturated heterocycles. The number of benzene rings is 1. The molecule has 6 heteroatoms. The van der Waals surface area contributed by atoms with Crippen LogP contribution in [0.3, 0.4) is 0 Å². The Morgan fingerprint density at radius 3 is 2.48 bits per heavy atom. The molecule has 5 nitrogen and oxygen atoms in total. The minimum atomic E-state index is 0. The van der Waals surface area contributed by atoms with Crippen LogP contribution in [0.15, 0.2) is 18.2 Å². The van der Waals surface area contributed by atoms with Crippen LogP contribution in [0.2, 0.25) is 0 Å². The summed E-state index contributed by atoms with van der Waals surface area (Å²) in [7, 11) is 0. The Hall–Kier alpha value is -1.59. The molecule has 0 atom stereocenters. The lowest BCUT2D eigenvalue weighted by atomic mass is 9.99. The Morgan fingerprint density at radius 1 is 1.15 bits per heavy atom. The van der Waals surface area contributed by atoms with E-state index in [4.69, 9.17) is 0 Å². The zero-order chi connectivity index (χ0) is 18.5. The van der Waals surface area contributed by atoms with Crippen LogP contribution >= 0.6 is 12.4 Å². The number of carbonyl (C=O) groups excluding carboxylic acids is 2. The van der Waals surface area contributed by atoms with Crippen molar-refractivity contribution in [2.24, 2.45) is 5.92 Å². The first kappa shape index (κ1) is 21.7. The molecule has 0 radical (unpaired) electrons. The van der Waals surface area contributed by atoms with Gasteiger partial charge in [0.25, 0.3) is 5.91 Å². The van der Waals surface area contributed by atoms with E-state index >= 15 is 0 Å². The van der Waals surface area contributed by atoms with E-state index in [0.717, 1.165) is 57.4 Å². The minimum absolute atomic E-state index is 0. The molecule has 0 unspecified atom stereocenters. The van der Waals surface area contributed by atoms with Crippen LogP contribution in [0.1, 0.15) is 54.6 Å². The summed E-state index contributed by atoms with van der Waals surface area (Å²) in [6.45, 7) is 7.61. The molecule has 150 valence electrons. The summed E-state index contributed by atoms with van der Waals surface area (Å²) < 4.78 is 0. The van der Waals surface area contributed by atoms with Gasteiger partial charge in [0.15, 0.2) is 0 Å². The van der Waals surface area contributed by atoms with Crippen molar-refractivity contribution in [1.29, 1.82) is 0 Å². The number of carbonyl (C=O) groups is 2. The predicted octanol–water partition coefficient (Wildman–Crippen LogP) is 2.56. The lowest BCUT2D eigenvalue weighted by Crippen LogP contribution is -2.46. The van der Waals surface area contributed by atoms with Crippen molar-refractivity contribution in [2.75, 3.05) is 26.2 Å². The number of piperidine rings is 1. The Labute approximate surface area is 168 Å². The molecular weight excluding hydrogens is 362 g/mol. The van der Waals surface area contributed by atoms with Gasteiger partial charge in [-0.05, 0) is 68.0 Å². The molecule has 2 amide bonds. The van der Waals surface area contributed by atoms with Gasteiger partial charge in [0.2, 0.25) is 5.91 Å². The summed E-state index contributed by atoms with van der Waals surface area (Å²) in [6.07, 6.45) is 4.29. The number of halogens is 1. The average molecular weight is 394 g/mol. The highest BCUT2D eigenvalue weighted by atomic mass is 35.5. The standard InChI is InChI=1S/C21H31N3O2.ClH/c1-15(2)13-20(25)24-11-7-19(8-12-24)23-21(26)18-4-3-16-5-9-22-10-6-17(16)14-18;/h3-4,14-15,19,22H,5-13H2,1-2H3,(H,23,26);1H. The zero-order valence-electron chi connectivity index (χ0n) is 16.4. The number of amides is 2. The molecule has 0 saturated carbocycles. The molecule has 1 aromatic carbocycles. The molecule has 2 aliphatic heterocycles. The number of rotatable bonds is 4. The van der Waals surface area contributed by atoms with E-state index in [1.54, 1.807) is 0 Å². The van der Waals surface area contributed by atoms with Gasteiger partial charge in [-0.1, -0.05) is 19.9 Å². The molecule has 2 aliphatic rings. The Bertz CT molecular complexity index is 655. The maximum atomic E-state index is 12.6. The van der Waals surface area contributed by atoms with Gasteiger partial charge in [0.1, 0.15) is 0 Å². The van der Waals surface area contributed by atoms with Crippen molar-refractivity contribution < 1.29 is 9.59 Å². The first-order valence-electron chi connectivity index (χ1n) is 9.94. The Kier molecular flexibility index (Phi) is 8.11. The topological polar surface area (TPSA) is 61.4 Å². The van der Waals surface area contributed by atoms with E-state index in [0.29, 0.717) is 12.3 Å². The predicted molar refractivity (Wildman–Crippen MR) is 110 cm³/mol. The Morgan fingerprint density at radius 2 is 1.81 bits per heavy atom. The van der Waals surface area contributed by atoms with Crippen LogP contribution in [-0.2, 0) is 17.6 Å². The molecule has 3 rings (SSSR count). The SMILES string of the molecule is CC(C)CC(=O)N1CCC(NC(=O)c2ccc3c(c2)CCNCC3)CC1.Cl. The molecule has 0 spiro atoms. The third-order valence-electron chi connectivity index (χ3n) is 5.38. The summed E-state index contributed by atoms with van der Waals surface area (Å²) in [6, 6.07) is 6.26. The van der Waals surface area contributed by atoms with E-state index in [1.807, 2.05) is 11.0 Å². The first-order chi connectivity index (χ1) is 12.5. The number of nitrogens with zero attached hydrogens (tertiary/aromatic N) is 1.